The molecule has 3 aromatic rings. The van der Waals surface area contributed by atoms with Crippen LogP contribution in [0.25, 0.3) is 10.6 Å². The van der Waals surface area contributed by atoms with E-state index in [0.717, 1.165) is 42.1 Å². The van der Waals surface area contributed by atoms with Gasteiger partial charge in [0, 0.05) is 36.1 Å². The third-order valence-electron chi connectivity index (χ3n) is 5.06. The maximum absolute atomic E-state index is 12.5. The van der Waals surface area contributed by atoms with Crippen LogP contribution >= 0.6 is 11.3 Å². The Morgan fingerprint density at radius 3 is 2.62 bits per heavy atom. The predicted molar refractivity (Wildman–Crippen MR) is 115 cm³/mol. The molecule has 1 fully saturated rings. The Labute approximate surface area is 174 Å². The van der Waals surface area contributed by atoms with Gasteiger partial charge < -0.3 is 10.2 Å². The van der Waals surface area contributed by atoms with Gasteiger partial charge in [-0.05, 0) is 37.5 Å². The quantitative estimate of drug-likeness (QED) is 0.689. The van der Waals surface area contributed by atoms with Gasteiger partial charge in [-0.3, -0.25) is 9.59 Å². The normalized spacial score (nSPS) is 13.5. The Bertz CT molecular complexity index is 1020. The summed E-state index contributed by atoms with van der Waals surface area (Å²) < 4.78 is 0. The number of benzene rings is 2. The molecule has 1 aromatic heterocycles. The van der Waals surface area contributed by atoms with Crippen LogP contribution in [0.3, 0.4) is 0 Å². The molecule has 1 N–H and O–H groups in total. The Hall–Kier alpha value is -2.99. The molecule has 0 unspecified atom stereocenters. The lowest BCUT2D eigenvalue weighted by Gasteiger charge is -2.15. The van der Waals surface area contributed by atoms with Crippen molar-refractivity contribution in [2.24, 2.45) is 0 Å². The average molecular weight is 406 g/mol. The molecule has 29 heavy (non-hydrogen) atoms. The van der Waals surface area contributed by atoms with Crippen LogP contribution in [0.4, 0.5) is 0 Å². The van der Waals surface area contributed by atoms with E-state index in [2.05, 4.69) is 10.3 Å². The van der Waals surface area contributed by atoms with Crippen molar-refractivity contribution in [1.29, 1.82) is 0 Å². The largest absolute Gasteiger partial charge is 0.347 e. The van der Waals surface area contributed by atoms with Gasteiger partial charge in [0.15, 0.2) is 0 Å². The monoisotopic (exact) mass is 405 g/mol. The summed E-state index contributed by atoms with van der Waals surface area (Å²) in [6.07, 6.45) is 2.14. The molecule has 6 heteroatoms. The zero-order chi connectivity index (χ0) is 20.2. The van der Waals surface area contributed by atoms with Crippen LogP contribution in [0.15, 0.2) is 53.9 Å². The highest BCUT2D eigenvalue weighted by atomic mass is 32.1. The van der Waals surface area contributed by atoms with E-state index in [4.69, 9.17) is 0 Å². The minimum Gasteiger partial charge on any atom is -0.347 e. The number of amides is 2. The second-order valence-corrected chi connectivity index (χ2v) is 8.14. The smallest absolute Gasteiger partial charge is 0.271 e. The number of likely N-dealkylation sites (tertiary alicyclic amines) is 1. The summed E-state index contributed by atoms with van der Waals surface area (Å²) in [6, 6.07) is 15.6. The number of carbonyl (C=O) groups excluding carboxylic acids is 2. The summed E-state index contributed by atoms with van der Waals surface area (Å²) in [6.45, 7) is 4.05. The fourth-order valence-electron chi connectivity index (χ4n) is 3.40. The average Bonchev–Trinajstić information content (AvgIpc) is 3.45. The van der Waals surface area contributed by atoms with Gasteiger partial charge in [-0.2, -0.15) is 0 Å². The molecule has 0 bridgehead atoms. The highest BCUT2D eigenvalue weighted by molar-refractivity contribution is 7.13. The molecule has 0 atom stereocenters. The van der Waals surface area contributed by atoms with Gasteiger partial charge in [0.2, 0.25) is 0 Å². The van der Waals surface area contributed by atoms with E-state index >= 15 is 0 Å². The molecule has 5 nitrogen and oxygen atoms in total. The topological polar surface area (TPSA) is 62.3 Å². The lowest BCUT2D eigenvalue weighted by Crippen LogP contribution is -2.28. The molecule has 0 radical (unpaired) electrons. The van der Waals surface area contributed by atoms with Crippen LogP contribution < -0.4 is 5.32 Å². The number of hydrogen-bond donors (Lipinski definition) is 1. The number of thiazole rings is 1. The summed E-state index contributed by atoms with van der Waals surface area (Å²) in [5.41, 5.74) is 4.18. The van der Waals surface area contributed by atoms with Crippen LogP contribution in [0.5, 0.6) is 0 Å². The van der Waals surface area contributed by atoms with Gasteiger partial charge in [-0.15, -0.1) is 11.3 Å². The number of nitrogens with one attached hydrogen (secondary N) is 1. The molecular formula is C23H23N3O2S. The minimum atomic E-state index is -0.212. The first kappa shape index (κ1) is 19.3. The molecule has 2 heterocycles. The molecule has 0 aliphatic carbocycles. The minimum absolute atomic E-state index is 0.0675. The fraction of sp³-hybridized carbons (Fsp3) is 0.261. The Morgan fingerprint density at radius 2 is 1.86 bits per heavy atom. The van der Waals surface area contributed by atoms with E-state index in [9.17, 15) is 9.59 Å². The molecule has 4 rings (SSSR count). The van der Waals surface area contributed by atoms with Crippen molar-refractivity contribution < 1.29 is 9.59 Å². The van der Waals surface area contributed by atoms with Crippen molar-refractivity contribution in [2.45, 2.75) is 26.3 Å². The van der Waals surface area contributed by atoms with E-state index in [-0.39, 0.29) is 11.8 Å². The van der Waals surface area contributed by atoms with Crippen molar-refractivity contribution in [2.75, 3.05) is 13.1 Å². The molecule has 0 spiro atoms. The van der Waals surface area contributed by atoms with Crippen LogP contribution in [0.2, 0.25) is 0 Å². The van der Waals surface area contributed by atoms with Gasteiger partial charge >= 0.3 is 0 Å². The number of aromatic nitrogens is 1. The first-order valence-corrected chi connectivity index (χ1v) is 10.7. The van der Waals surface area contributed by atoms with E-state index in [1.54, 1.807) is 5.38 Å². The van der Waals surface area contributed by atoms with Crippen molar-refractivity contribution in [3.8, 4) is 10.6 Å². The molecular weight excluding hydrogens is 382 g/mol. The van der Waals surface area contributed by atoms with Crippen molar-refractivity contribution in [3.05, 3.63) is 76.3 Å². The van der Waals surface area contributed by atoms with Gasteiger partial charge in [0.1, 0.15) is 10.7 Å². The molecule has 1 saturated heterocycles. The van der Waals surface area contributed by atoms with Crippen molar-refractivity contribution in [3.63, 3.8) is 0 Å². The number of hydrogen-bond acceptors (Lipinski definition) is 4. The lowest BCUT2D eigenvalue weighted by atomic mass is 10.1. The zero-order valence-corrected chi connectivity index (χ0v) is 17.2. The zero-order valence-electron chi connectivity index (χ0n) is 16.4. The van der Waals surface area contributed by atoms with Gasteiger partial charge in [0.25, 0.3) is 11.8 Å². The molecule has 2 aromatic carbocycles. The maximum atomic E-state index is 12.5. The number of carbonyl (C=O) groups is 2. The molecule has 2 amide bonds. The molecule has 1 aliphatic heterocycles. The van der Waals surface area contributed by atoms with Crippen LogP contribution in [-0.4, -0.2) is 34.8 Å². The van der Waals surface area contributed by atoms with Gasteiger partial charge in [0.05, 0.1) is 0 Å². The van der Waals surface area contributed by atoms with Crippen LogP contribution in [0, 0.1) is 6.92 Å². The SMILES string of the molecule is Cc1ccc(-c2nc(C(=O)NCc3cccc(C(=O)N4CCCC4)c3)cs2)cc1. The lowest BCUT2D eigenvalue weighted by molar-refractivity contribution is 0.0792. The van der Waals surface area contributed by atoms with E-state index < -0.39 is 0 Å². The van der Waals surface area contributed by atoms with Gasteiger partial charge in [-0.1, -0.05) is 42.0 Å². The third kappa shape index (κ3) is 4.54. The molecule has 148 valence electrons. The Kier molecular flexibility index (Phi) is 5.71. The van der Waals surface area contributed by atoms with Crippen LogP contribution in [-0.2, 0) is 6.54 Å². The summed E-state index contributed by atoms with van der Waals surface area (Å²) in [5, 5.41) is 5.51. The number of rotatable bonds is 5. The highest BCUT2D eigenvalue weighted by Crippen LogP contribution is 2.24. The third-order valence-corrected chi connectivity index (χ3v) is 5.95. The first-order valence-electron chi connectivity index (χ1n) is 9.79. The van der Waals surface area contributed by atoms with E-state index in [1.807, 2.05) is 60.4 Å². The molecule has 0 saturated carbocycles. The van der Waals surface area contributed by atoms with E-state index in [1.165, 1.54) is 16.9 Å². The highest BCUT2D eigenvalue weighted by Gasteiger charge is 2.19. The summed E-state index contributed by atoms with van der Waals surface area (Å²) >= 11 is 1.46. The Balaban J connectivity index is 1.39. The fourth-order valence-corrected chi connectivity index (χ4v) is 4.20. The van der Waals surface area contributed by atoms with E-state index in [0.29, 0.717) is 17.8 Å². The molecule has 1 aliphatic rings. The summed E-state index contributed by atoms with van der Waals surface area (Å²) in [7, 11) is 0. The number of aryl methyl sites for hydroxylation is 1. The first-order chi connectivity index (χ1) is 14.1. The standard InChI is InChI=1S/C23H23N3O2S/c1-16-7-9-18(10-8-16)22-25-20(15-29-22)21(27)24-14-17-5-4-6-19(13-17)23(28)26-11-2-3-12-26/h4-10,13,15H,2-3,11-12,14H2,1H3,(H,24,27). The Morgan fingerprint density at radius 1 is 1.10 bits per heavy atom. The number of nitrogens with zero attached hydrogens (tertiary/aromatic N) is 2. The predicted octanol–water partition coefficient (Wildman–Crippen LogP) is 4.28. The van der Waals surface area contributed by atoms with Crippen molar-refractivity contribution >= 4 is 23.2 Å². The maximum Gasteiger partial charge on any atom is 0.271 e. The second kappa shape index (κ2) is 8.57. The van der Waals surface area contributed by atoms with Crippen molar-refractivity contribution in [1.82, 2.24) is 15.2 Å². The van der Waals surface area contributed by atoms with Gasteiger partial charge in [-0.25, -0.2) is 4.98 Å². The second-order valence-electron chi connectivity index (χ2n) is 7.29. The summed E-state index contributed by atoms with van der Waals surface area (Å²) in [5.74, 6) is -0.145. The summed E-state index contributed by atoms with van der Waals surface area (Å²) in [4.78, 5) is 31.4. The van der Waals surface area contributed by atoms with Crippen LogP contribution in [0.1, 0.15) is 44.8 Å².